The van der Waals surface area contributed by atoms with Crippen molar-refractivity contribution in [1.82, 2.24) is 4.98 Å². The lowest BCUT2D eigenvalue weighted by Gasteiger charge is -2.09. The molecule has 1 aromatic heterocycles. The van der Waals surface area contributed by atoms with Crippen molar-refractivity contribution in [3.05, 3.63) is 34.6 Å². The van der Waals surface area contributed by atoms with Gasteiger partial charge in [0, 0.05) is 12.3 Å². The van der Waals surface area contributed by atoms with Crippen LogP contribution in [0.25, 0.3) is 10.9 Å². The van der Waals surface area contributed by atoms with Crippen molar-refractivity contribution in [3.63, 3.8) is 0 Å². The zero-order valence-electron chi connectivity index (χ0n) is 8.53. The summed E-state index contributed by atoms with van der Waals surface area (Å²) in [5, 5.41) is 0.513. The molecule has 0 amide bonds. The van der Waals surface area contributed by atoms with Gasteiger partial charge in [0.2, 0.25) is 0 Å². The van der Waals surface area contributed by atoms with Crippen LogP contribution < -0.4 is 14.9 Å². The van der Waals surface area contributed by atoms with E-state index >= 15 is 0 Å². The molecule has 1 aromatic carbocycles. The first-order valence-corrected chi connectivity index (χ1v) is 4.50. The van der Waals surface area contributed by atoms with Crippen LogP contribution in [0.1, 0.15) is 0 Å². The summed E-state index contributed by atoms with van der Waals surface area (Å²) >= 11 is 0. The van der Waals surface area contributed by atoms with E-state index in [1.54, 1.807) is 25.4 Å². The van der Waals surface area contributed by atoms with E-state index in [-0.39, 0.29) is 5.43 Å². The lowest BCUT2D eigenvalue weighted by atomic mass is 10.2. The first kappa shape index (κ1) is 9.58. The van der Waals surface area contributed by atoms with E-state index in [1.165, 1.54) is 13.2 Å². The van der Waals surface area contributed by atoms with Gasteiger partial charge in [0.15, 0.2) is 16.9 Å². The maximum atomic E-state index is 11.7. The van der Waals surface area contributed by atoms with Crippen LogP contribution in [0.2, 0.25) is 0 Å². The number of methoxy groups -OCH3 is 2. The second-order valence-corrected chi connectivity index (χ2v) is 3.07. The Morgan fingerprint density at radius 2 is 1.93 bits per heavy atom. The molecule has 1 N–H and O–H groups in total. The van der Waals surface area contributed by atoms with E-state index in [0.717, 1.165) is 5.52 Å². The van der Waals surface area contributed by atoms with Crippen molar-refractivity contribution in [3.8, 4) is 11.5 Å². The molecule has 0 spiro atoms. The van der Waals surface area contributed by atoms with Crippen LogP contribution in [0.4, 0.5) is 0 Å². The number of rotatable bonds is 2. The lowest BCUT2D eigenvalue weighted by Crippen LogP contribution is -2.03. The molecule has 0 saturated carbocycles. The molecular weight excluding hydrogens is 194 g/mol. The summed E-state index contributed by atoms with van der Waals surface area (Å²) in [4.78, 5) is 14.7. The van der Waals surface area contributed by atoms with Crippen molar-refractivity contribution in [2.24, 2.45) is 0 Å². The first-order valence-electron chi connectivity index (χ1n) is 4.50. The molecule has 1 heterocycles. The fourth-order valence-corrected chi connectivity index (χ4v) is 1.58. The van der Waals surface area contributed by atoms with Gasteiger partial charge in [0.1, 0.15) is 0 Å². The highest BCUT2D eigenvalue weighted by atomic mass is 16.5. The van der Waals surface area contributed by atoms with E-state index < -0.39 is 0 Å². The smallest absolute Gasteiger partial charge is 0.193 e. The van der Waals surface area contributed by atoms with E-state index in [0.29, 0.717) is 16.9 Å². The van der Waals surface area contributed by atoms with Gasteiger partial charge in [-0.05, 0) is 12.1 Å². The van der Waals surface area contributed by atoms with E-state index in [1.807, 2.05) is 0 Å². The van der Waals surface area contributed by atoms with Crippen LogP contribution in [-0.2, 0) is 0 Å². The Morgan fingerprint density at radius 3 is 2.60 bits per heavy atom. The van der Waals surface area contributed by atoms with Gasteiger partial charge in [0.25, 0.3) is 0 Å². The van der Waals surface area contributed by atoms with E-state index in [9.17, 15) is 4.79 Å². The average Bonchev–Trinajstić information content (AvgIpc) is 2.28. The van der Waals surface area contributed by atoms with Crippen LogP contribution in [0.3, 0.4) is 0 Å². The van der Waals surface area contributed by atoms with Crippen LogP contribution in [0, 0.1) is 0 Å². The summed E-state index contributed by atoms with van der Waals surface area (Å²) in [7, 11) is 3.06. The van der Waals surface area contributed by atoms with Crippen LogP contribution in [0.5, 0.6) is 11.5 Å². The van der Waals surface area contributed by atoms with Gasteiger partial charge in [-0.25, -0.2) is 0 Å². The standard InChI is InChI=1S/C11H11NO3/c1-14-9-4-3-7-10(11(9)15-2)8(13)5-6-12-7/h3-6H,1-2H3,(H,12,13). The third-order valence-electron chi connectivity index (χ3n) is 2.27. The predicted molar refractivity (Wildman–Crippen MR) is 57.7 cm³/mol. The Kier molecular flexibility index (Phi) is 2.33. The molecule has 2 rings (SSSR count). The lowest BCUT2D eigenvalue weighted by molar-refractivity contribution is 0.358. The van der Waals surface area contributed by atoms with Gasteiger partial charge in [0.05, 0.1) is 25.1 Å². The van der Waals surface area contributed by atoms with Gasteiger partial charge < -0.3 is 14.5 Å². The molecule has 0 radical (unpaired) electrons. The number of ether oxygens (including phenoxy) is 2. The largest absolute Gasteiger partial charge is 0.493 e. The summed E-state index contributed by atoms with van der Waals surface area (Å²) in [5.74, 6) is 1.03. The van der Waals surface area contributed by atoms with Crippen molar-refractivity contribution >= 4 is 10.9 Å². The number of H-pyrrole nitrogens is 1. The number of benzene rings is 1. The van der Waals surface area contributed by atoms with Crippen molar-refractivity contribution < 1.29 is 9.47 Å². The second kappa shape index (κ2) is 3.65. The molecule has 2 aromatic rings. The zero-order valence-corrected chi connectivity index (χ0v) is 8.53. The third kappa shape index (κ3) is 1.44. The van der Waals surface area contributed by atoms with Gasteiger partial charge in [-0.15, -0.1) is 0 Å². The Hall–Kier alpha value is -1.97. The van der Waals surface area contributed by atoms with Crippen molar-refractivity contribution in [2.75, 3.05) is 14.2 Å². The maximum Gasteiger partial charge on any atom is 0.193 e. The molecule has 0 saturated heterocycles. The number of fused-ring (bicyclic) bond motifs is 1. The minimum absolute atomic E-state index is 0.0838. The number of aromatic nitrogens is 1. The van der Waals surface area contributed by atoms with Gasteiger partial charge >= 0.3 is 0 Å². The third-order valence-corrected chi connectivity index (χ3v) is 2.27. The molecule has 4 heteroatoms. The Morgan fingerprint density at radius 1 is 1.13 bits per heavy atom. The predicted octanol–water partition coefficient (Wildman–Crippen LogP) is 1.55. The summed E-state index contributed by atoms with van der Waals surface area (Å²) in [6, 6.07) is 5.01. The number of pyridine rings is 1. The topological polar surface area (TPSA) is 51.3 Å². The van der Waals surface area contributed by atoms with Crippen molar-refractivity contribution in [1.29, 1.82) is 0 Å². The van der Waals surface area contributed by atoms with Gasteiger partial charge in [-0.2, -0.15) is 0 Å². The highest BCUT2D eigenvalue weighted by Gasteiger charge is 2.10. The fraction of sp³-hybridized carbons (Fsp3) is 0.182. The summed E-state index contributed by atoms with van der Waals surface area (Å²) in [6.07, 6.45) is 1.61. The SMILES string of the molecule is COc1ccc2[nH]ccc(=O)c2c1OC. The molecule has 0 atom stereocenters. The molecular formula is C11H11NO3. The quantitative estimate of drug-likeness (QED) is 0.809. The Balaban J connectivity index is 2.91. The van der Waals surface area contributed by atoms with Crippen LogP contribution in [-0.4, -0.2) is 19.2 Å². The number of hydrogen-bond acceptors (Lipinski definition) is 3. The van der Waals surface area contributed by atoms with Gasteiger partial charge in [-0.3, -0.25) is 4.79 Å². The van der Waals surface area contributed by atoms with Crippen LogP contribution >= 0.6 is 0 Å². The monoisotopic (exact) mass is 205 g/mol. The average molecular weight is 205 g/mol. The maximum absolute atomic E-state index is 11.7. The summed E-state index contributed by atoms with van der Waals surface area (Å²) in [5.41, 5.74) is 0.652. The highest BCUT2D eigenvalue weighted by molar-refractivity contribution is 5.87. The molecule has 15 heavy (non-hydrogen) atoms. The molecule has 4 nitrogen and oxygen atoms in total. The molecule has 0 aliphatic carbocycles. The Labute approximate surface area is 86.5 Å². The minimum atomic E-state index is -0.0838. The fourth-order valence-electron chi connectivity index (χ4n) is 1.58. The molecule has 0 unspecified atom stereocenters. The first-order chi connectivity index (χ1) is 7.27. The Bertz CT molecular complexity index is 545. The normalized spacial score (nSPS) is 10.3. The molecule has 0 fully saturated rings. The summed E-state index contributed by atoms with van der Waals surface area (Å²) < 4.78 is 10.3. The number of hydrogen-bond donors (Lipinski definition) is 1. The van der Waals surface area contributed by atoms with E-state index in [4.69, 9.17) is 9.47 Å². The molecule has 0 aliphatic heterocycles. The zero-order chi connectivity index (χ0) is 10.8. The highest BCUT2D eigenvalue weighted by Crippen LogP contribution is 2.32. The van der Waals surface area contributed by atoms with Crippen molar-refractivity contribution in [2.45, 2.75) is 0 Å². The second-order valence-electron chi connectivity index (χ2n) is 3.07. The van der Waals surface area contributed by atoms with E-state index in [2.05, 4.69) is 4.98 Å². The minimum Gasteiger partial charge on any atom is -0.493 e. The van der Waals surface area contributed by atoms with Crippen LogP contribution in [0.15, 0.2) is 29.2 Å². The summed E-state index contributed by atoms with van der Waals surface area (Å²) in [6.45, 7) is 0. The molecule has 78 valence electrons. The molecule has 0 bridgehead atoms. The van der Waals surface area contributed by atoms with Gasteiger partial charge in [-0.1, -0.05) is 0 Å². The number of aromatic amines is 1. The number of nitrogens with one attached hydrogen (secondary N) is 1. The molecule has 0 aliphatic rings.